The number of nitriles is 2. The van der Waals surface area contributed by atoms with Gasteiger partial charge in [-0.1, -0.05) is 17.7 Å². The van der Waals surface area contributed by atoms with Crippen molar-refractivity contribution in [1.82, 2.24) is 9.97 Å². The summed E-state index contributed by atoms with van der Waals surface area (Å²) in [6.07, 6.45) is 1.59. The van der Waals surface area contributed by atoms with E-state index in [-0.39, 0.29) is 17.2 Å². The first-order valence-corrected chi connectivity index (χ1v) is 9.88. The lowest BCUT2D eigenvalue weighted by Crippen LogP contribution is -2.06. The molecule has 2 aromatic carbocycles. The van der Waals surface area contributed by atoms with Crippen LogP contribution in [0.3, 0.4) is 0 Å². The second-order valence-corrected chi connectivity index (χ2v) is 7.31. The maximum Gasteiger partial charge on any atom is 0.340 e. The topological polar surface area (TPSA) is 116 Å². The van der Waals surface area contributed by atoms with Gasteiger partial charge in [0.1, 0.15) is 29.5 Å². The molecule has 0 amide bonds. The van der Waals surface area contributed by atoms with Crippen LogP contribution in [0.1, 0.15) is 27.5 Å². The van der Waals surface area contributed by atoms with Gasteiger partial charge < -0.3 is 14.1 Å². The lowest BCUT2D eigenvalue weighted by atomic mass is 10.1. The Morgan fingerprint density at radius 2 is 2.06 bits per heavy atom. The molecule has 0 unspecified atom stereocenters. The van der Waals surface area contributed by atoms with Gasteiger partial charge in [-0.05, 0) is 55.0 Å². The fourth-order valence-electron chi connectivity index (χ4n) is 3.14. The maximum atomic E-state index is 12.1. The summed E-state index contributed by atoms with van der Waals surface area (Å²) in [5.41, 5.74) is 3.74. The molecular formula is C24H15ClN4O3. The Morgan fingerprint density at radius 1 is 1.22 bits per heavy atom. The number of fused-ring (bicyclic) bond motifs is 1. The summed E-state index contributed by atoms with van der Waals surface area (Å²) in [5, 5.41) is 18.4. The van der Waals surface area contributed by atoms with Crippen molar-refractivity contribution in [3.63, 3.8) is 0 Å². The van der Waals surface area contributed by atoms with E-state index in [9.17, 15) is 10.1 Å². The summed E-state index contributed by atoms with van der Waals surface area (Å²) in [6.45, 7) is 1.62. The van der Waals surface area contributed by atoms with E-state index in [0.717, 1.165) is 16.6 Å². The predicted octanol–water partition coefficient (Wildman–Crippen LogP) is 5.53. The number of rotatable bonds is 5. The van der Waals surface area contributed by atoms with E-state index in [0.29, 0.717) is 28.5 Å². The Kier molecular flexibility index (Phi) is 5.76. The zero-order valence-corrected chi connectivity index (χ0v) is 17.6. The Hall–Kier alpha value is -4.33. The van der Waals surface area contributed by atoms with E-state index in [2.05, 4.69) is 16.0 Å². The summed E-state index contributed by atoms with van der Waals surface area (Å²) >= 11 is 6.09. The number of hydrogen-bond acceptors (Lipinski definition) is 6. The minimum absolute atomic E-state index is 0.128. The van der Waals surface area contributed by atoms with E-state index in [4.69, 9.17) is 26.0 Å². The molecule has 7 nitrogen and oxygen atoms in total. The number of hydrogen-bond donors (Lipinski definition) is 1. The van der Waals surface area contributed by atoms with Crippen molar-refractivity contribution in [2.45, 2.75) is 6.92 Å². The highest BCUT2D eigenvalue weighted by molar-refractivity contribution is 6.33. The number of allylic oxidation sites excluding steroid dienone is 1. The monoisotopic (exact) mass is 442 g/mol. The third kappa shape index (κ3) is 4.24. The number of aromatic nitrogens is 2. The predicted molar refractivity (Wildman–Crippen MR) is 119 cm³/mol. The van der Waals surface area contributed by atoms with Crippen molar-refractivity contribution in [3.8, 4) is 23.5 Å². The number of nitrogens with zero attached hydrogens (tertiary/aromatic N) is 3. The van der Waals surface area contributed by atoms with Crippen LogP contribution in [0, 0.1) is 29.6 Å². The third-order valence-corrected chi connectivity index (χ3v) is 4.99. The van der Waals surface area contributed by atoms with Crippen molar-refractivity contribution in [2.75, 3.05) is 6.61 Å². The molecule has 0 atom stereocenters. The first-order valence-electron chi connectivity index (χ1n) is 9.51. The molecule has 0 aliphatic rings. The molecule has 2 heterocycles. The molecule has 0 radical (unpaired) electrons. The molecule has 32 heavy (non-hydrogen) atoms. The summed E-state index contributed by atoms with van der Waals surface area (Å²) in [4.78, 5) is 19.7. The first-order chi connectivity index (χ1) is 15.5. The first kappa shape index (κ1) is 20.9. The number of esters is 1. The second kappa shape index (κ2) is 8.81. The van der Waals surface area contributed by atoms with Crippen molar-refractivity contribution in [2.24, 2.45) is 0 Å². The van der Waals surface area contributed by atoms with Crippen molar-refractivity contribution in [1.29, 1.82) is 10.5 Å². The van der Waals surface area contributed by atoms with E-state index in [1.54, 1.807) is 36.4 Å². The maximum absolute atomic E-state index is 12.1. The van der Waals surface area contributed by atoms with Crippen molar-refractivity contribution < 1.29 is 13.9 Å². The minimum Gasteiger partial charge on any atom is -0.457 e. The quantitative estimate of drug-likeness (QED) is 0.321. The largest absolute Gasteiger partial charge is 0.457 e. The van der Waals surface area contributed by atoms with Crippen LogP contribution in [-0.2, 0) is 4.74 Å². The summed E-state index contributed by atoms with van der Waals surface area (Å²) < 4.78 is 10.7. The number of aromatic amines is 1. The van der Waals surface area contributed by atoms with Gasteiger partial charge in [0.05, 0.1) is 27.2 Å². The van der Waals surface area contributed by atoms with Gasteiger partial charge in [-0.15, -0.1) is 0 Å². The number of imidazole rings is 1. The lowest BCUT2D eigenvalue weighted by molar-refractivity contribution is 0.0555. The molecule has 0 aliphatic carbocycles. The van der Waals surface area contributed by atoms with E-state index in [1.165, 1.54) is 6.07 Å². The van der Waals surface area contributed by atoms with Crippen LogP contribution in [0.15, 0.2) is 52.9 Å². The van der Waals surface area contributed by atoms with Gasteiger partial charge in [0.25, 0.3) is 0 Å². The Morgan fingerprint density at radius 3 is 2.84 bits per heavy atom. The number of carbonyl (C=O) groups excluding carboxylic acids is 1. The average Bonchev–Trinajstić information content (AvgIpc) is 3.42. The van der Waals surface area contributed by atoms with Crippen LogP contribution in [0.5, 0.6) is 0 Å². The van der Waals surface area contributed by atoms with Crippen LogP contribution in [0.4, 0.5) is 0 Å². The summed E-state index contributed by atoms with van der Waals surface area (Å²) in [7, 11) is 0. The molecule has 0 spiro atoms. The minimum atomic E-state index is -0.697. The molecule has 0 bridgehead atoms. The highest BCUT2D eigenvalue weighted by atomic mass is 35.5. The number of halogens is 1. The zero-order valence-electron chi connectivity index (χ0n) is 16.8. The number of nitrogens with one attached hydrogen (secondary N) is 1. The third-order valence-electron chi connectivity index (χ3n) is 4.66. The molecule has 4 aromatic rings. The molecule has 2 aromatic heterocycles. The van der Waals surface area contributed by atoms with Gasteiger partial charge in [0, 0.05) is 11.6 Å². The van der Waals surface area contributed by atoms with E-state index < -0.39 is 5.97 Å². The van der Waals surface area contributed by atoms with E-state index >= 15 is 0 Å². The molecule has 0 saturated heterocycles. The Labute approximate surface area is 188 Å². The molecule has 1 N–H and O–H groups in total. The molecule has 8 heteroatoms. The van der Waals surface area contributed by atoms with Gasteiger partial charge in [-0.2, -0.15) is 10.5 Å². The summed E-state index contributed by atoms with van der Waals surface area (Å²) in [6, 6.07) is 17.9. The van der Waals surface area contributed by atoms with Gasteiger partial charge >= 0.3 is 5.97 Å². The van der Waals surface area contributed by atoms with Crippen LogP contribution < -0.4 is 0 Å². The Bertz CT molecular complexity index is 1450. The van der Waals surface area contributed by atoms with Crippen molar-refractivity contribution in [3.05, 3.63) is 76.3 Å². The molecule has 156 valence electrons. The van der Waals surface area contributed by atoms with E-state index in [1.807, 2.05) is 25.1 Å². The number of ether oxygens (including phenoxy) is 1. The lowest BCUT2D eigenvalue weighted by Gasteiger charge is -2.05. The van der Waals surface area contributed by atoms with Crippen molar-refractivity contribution >= 4 is 40.3 Å². The second-order valence-electron chi connectivity index (χ2n) is 6.91. The number of furan rings is 1. The fourth-order valence-corrected chi connectivity index (χ4v) is 3.34. The molecule has 0 fully saturated rings. The highest BCUT2D eigenvalue weighted by Crippen LogP contribution is 2.29. The fraction of sp³-hybridized carbons (Fsp3) is 0.0833. The zero-order chi connectivity index (χ0) is 22.7. The number of H-pyrrole nitrogens is 1. The number of benzene rings is 2. The smallest absolute Gasteiger partial charge is 0.340 e. The Balaban J connectivity index is 1.64. The number of carbonyl (C=O) groups is 1. The van der Waals surface area contributed by atoms with Crippen LogP contribution >= 0.6 is 11.6 Å². The van der Waals surface area contributed by atoms with Gasteiger partial charge in [0.2, 0.25) is 0 Å². The SMILES string of the molecule is Cc1ccc2nc(/C(C#N)=C\c3ccc(-c4ccc(Cl)c(C(=O)OCC#N)c4)o3)[nH]c2c1. The molecule has 4 rings (SSSR count). The van der Waals surface area contributed by atoms with Gasteiger partial charge in [-0.3, -0.25) is 0 Å². The normalized spacial score (nSPS) is 11.2. The molecule has 0 aliphatic heterocycles. The standard InChI is InChI=1S/C24H15ClN4O3/c1-14-2-6-20-21(10-14)29-23(28-20)16(13-27)11-17-4-7-22(32-17)15-3-5-19(25)18(12-15)24(30)31-9-8-26/h2-7,10-12H,9H2,1H3,(H,28,29)/b16-11-. The van der Waals surface area contributed by atoms with Gasteiger partial charge in [0.15, 0.2) is 6.61 Å². The van der Waals surface area contributed by atoms with Crippen LogP contribution in [0.2, 0.25) is 5.02 Å². The summed E-state index contributed by atoms with van der Waals surface area (Å²) in [5.74, 6) is 0.661. The van der Waals surface area contributed by atoms with Crippen LogP contribution in [0.25, 0.3) is 34.0 Å². The average molecular weight is 443 g/mol. The highest BCUT2D eigenvalue weighted by Gasteiger charge is 2.15. The van der Waals surface area contributed by atoms with Crippen LogP contribution in [-0.4, -0.2) is 22.5 Å². The number of aryl methyl sites for hydroxylation is 1. The molecule has 0 saturated carbocycles. The van der Waals surface area contributed by atoms with Gasteiger partial charge in [-0.25, -0.2) is 9.78 Å². The molecular weight excluding hydrogens is 428 g/mol.